The molecule has 5 heteroatoms. The van der Waals surface area contributed by atoms with Gasteiger partial charge in [-0.25, -0.2) is 5.84 Å². The quantitative estimate of drug-likeness (QED) is 0.431. The van der Waals surface area contributed by atoms with Crippen LogP contribution in [-0.4, -0.2) is 55.0 Å². The predicted octanol–water partition coefficient (Wildman–Crippen LogP) is 0.420. The second kappa shape index (κ2) is 7.22. The van der Waals surface area contributed by atoms with E-state index in [4.69, 9.17) is 5.84 Å². The molecule has 2 rings (SSSR count). The Hall–Kier alpha value is -0.650. The first kappa shape index (κ1) is 14.8. The van der Waals surface area contributed by atoms with Gasteiger partial charge in [-0.15, -0.1) is 0 Å². The molecule has 1 amide bonds. The average molecular weight is 268 g/mol. The molecule has 0 bridgehead atoms. The van der Waals surface area contributed by atoms with Crippen molar-refractivity contribution in [2.75, 3.05) is 39.3 Å². The first-order valence-electron chi connectivity index (χ1n) is 7.64. The van der Waals surface area contributed by atoms with Crippen LogP contribution in [0.15, 0.2) is 0 Å². The molecule has 19 heavy (non-hydrogen) atoms. The fourth-order valence-electron chi connectivity index (χ4n) is 3.29. The maximum Gasteiger partial charge on any atom is 0.237 e. The zero-order valence-corrected chi connectivity index (χ0v) is 12.1. The maximum absolute atomic E-state index is 11.4. The Morgan fingerprint density at radius 2 is 1.84 bits per heavy atom. The topological polar surface area (TPSA) is 61.6 Å². The predicted molar refractivity (Wildman–Crippen MR) is 76.3 cm³/mol. The SMILES string of the molecule is CC(CN1CCC(CN2CCCC2)CC1)C(=O)NN. The van der Waals surface area contributed by atoms with Gasteiger partial charge in [-0.1, -0.05) is 6.92 Å². The molecule has 3 N–H and O–H groups in total. The average Bonchev–Trinajstić information content (AvgIpc) is 2.93. The van der Waals surface area contributed by atoms with Crippen molar-refractivity contribution in [1.29, 1.82) is 0 Å². The lowest BCUT2D eigenvalue weighted by Crippen LogP contribution is -2.44. The zero-order valence-electron chi connectivity index (χ0n) is 12.1. The van der Waals surface area contributed by atoms with Crippen LogP contribution in [0.5, 0.6) is 0 Å². The standard InChI is InChI=1S/C14H28N4O/c1-12(14(19)16-15)10-18-8-4-13(5-9-18)11-17-6-2-3-7-17/h12-13H,2-11,15H2,1H3,(H,16,19). The largest absolute Gasteiger partial charge is 0.303 e. The Morgan fingerprint density at radius 1 is 1.21 bits per heavy atom. The van der Waals surface area contributed by atoms with Crippen LogP contribution in [0, 0.1) is 11.8 Å². The number of nitrogens with zero attached hydrogens (tertiary/aromatic N) is 2. The maximum atomic E-state index is 11.4. The molecule has 110 valence electrons. The highest BCUT2D eigenvalue weighted by atomic mass is 16.2. The van der Waals surface area contributed by atoms with E-state index in [9.17, 15) is 4.79 Å². The number of hydrogen-bond donors (Lipinski definition) is 2. The summed E-state index contributed by atoms with van der Waals surface area (Å²) in [5, 5.41) is 0. The molecule has 1 unspecified atom stereocenters. The summed E-state index contributed by atoms with van der Waals surface area (Å²) in [6, 6.07) is 0. The van der Waals surface area contributed by atoms with E-state index >= 15 is 0 Å². The third-order valence-corrected chi connectivity index (χ3v) is 4.54. The molecule has 2 aliphatic rings. The molecule has 2 fully saturated rings. The minimum absolute atomic E-state index is 0.0138. The third kappa shape index (κ3) is 4.44. The fraction of sp³-hybridized carbons (Fsp3) is 0.929. The number of nitrogens with one attached hydrogen (secondary N) is 1. The van der Waals surface area contributed by atoms with Gasteiger partial charge in [0.25, 0.3) is 0 Å². The Balaban J connectivity index is 1.65. The fourth-order valence-corrected chi connectivity index (χ4v) is 3.29. The van der Waals surface area contributed by atoms with E-state index < -0.39 is 0 Å². The summed E-state index contributed by atoms with van der Waals surface area (Å²) in [4.78, 5) is 16.4. The van der Waals surface area contributed by atoms with E-state index in [0.717, 1.165) is 25.6 Å². The minimum Gasteiger partial charge on any atom is -0.303 e. The Bertz CT molecular complexity index is 283. The van der Waals surface area contributed by atoms with Gasteiger partial charge in [0, 0.05) is 19.0 Å². The summed E-state index contributed by atoms with van der Waals surface area (Å²) in [6.07, 6.45) is 5.30. The number of hydrogen-bond acceptors (Lipinski definition) is 4. The molecule has 0 aromatic heterocycles. The number of carbonyl (C=O) groups excluding carboxylic acids is 1. The summed E-state index contributed by atoms with van der Waals surface area (Å²) < 4.78 is 0. The second-order valence-electron chi connectivity index (χ2n) is 6.16. The van der Waals surface area contributed by atoms with Gasteiger partial charge in [0.1, 0.15) is 0 Å². The van der Waals surface area contributed by atoms with Crippen molar-refractivity contribution in [3.05, 3.63) is 0 Å². The van der Waals surface area contributed by atoms with Gasteiger partial charge in [0.2, 0.25) is 5.91 Å². The molecule has 0 aromatic rings. The van der Waals surface area contributed by atoms with E-state index in [1.807, 2.05) is 6.92 Å². The van der Waals surface area contributed by atoms with Crippen molar-refractivity contribution in [2.24, 2.45) is 17.7 Å². The summed E-state index contributed by atoms with van der Waals surface area (Å²) >= 11 is 0. The number of piperidine rings is 1. The number of nitrogens with two attached hydrogens (primary N) is 1. The van der Waals surface area contributed by atoms with Crippen LogP contribution in [0.25, 0.3) is 0 Å². The first-order chi connectivity index (χ1) is 9.19. The van der Waals surface area contributed by atoms with Gasteiger partial charge >= 0.3 is 0 Å². The monoisotopic (exact) mass is 268 g/mol. The third-order valence-electron chi connectivity index (χ3n) is 4.54. The van der Waals surface area contributed by atoms with Gasteiger partial charge in [-0.05, 0) is 57.8 Å². The Morgan fingerprint density at radius 3 is 2.42 bits per heavy atom. The van der Waals surface area contributed by atoms with Crippen LogP contribution >= 0.6 is 0 Å². The lowest BCUT2D eigenvalue weighted by atomic mass is 9.95. The summed E-state index contributed by atoms with van der Waals surface area (Å²) in [5.74, 6) is 5.95. The van der Waals surface area contributed by atoms with Crippen molar-refractivity contribution in [1.82, 2.24) is 15.2 Å². The molecule has 2 heterocycles. The molecule has 1 atom stereocenters. The number of likely N-dealkylation sites (tertiary alicyclic amines) is 2. The highest BCUT2D eigenvalue weighted by molar-refractivity contribution is 5.77. The smallest absolute Gasteiger partial charge is 0.237 e. The molecule has 0 radical (unpaired) electrons. The van der Waals surface area contributed by atoms with Crippen LogP contribution in [-0.2, 0) is 4.79 Å². The van der Waals surface area contributed by atoms with E-state index in [1.54, 1.807) is 0 Å². The highest BCUT2D eigenvalue weighted by Gasteiger charge is 2.24. The summed E-state index contributed by atoms with van der Waals surface area (Å²) in [6.45, 7) is 8.91. The van der Waals surface area contributed by atoms with Crippen LogP contribution in [0.1, 0.15) is 32.6 Å². The molecule has 0 aliphatic carbocycles. The van der Waals surface area contributed by atoms with E-state index in [2.05, 4.69) is 15.2 Å². The molecule has 2 aliphatic heterocycles. The van der Waals surface area contributed by atoms with E-state index in [-0.39, 0.29) is 11.8 Å². The van der Waals surface area contributed by atoms with Crippen molar-refractivity contribution in [3.8, 4) is 0 Å². The van der Waals surface area contributed by atoms with Gasteiger partial charge in [0.15, 0.2) is 0 Å². The van der Waals surface area contributed by atoms with Gasteiger partial charge in [0.05, 0.1) is 0 Å². The molecule has 0 aromatic carbocycles. The van der Waals surface area contributed by atoms with Gasteiger partial charge in [-0.3, -0.25) is 10.2 Å². The van der Waals surface area contributed by atoms with Gasteiger partial charge < -0.3 is 9.80 Å². The van der Waals surface area contributed by atoms with Crippen molar-refractivity contribution in [2.45, 2.75) is 32.6 Å². The highest BCUT2D eigenvalue weighted by Crippen LogP contribution is 2.21. The number of rotatable bonds is 5. The van der Waals surface area contributed by atoms with Crippen LogP contribution in [0.3, 0.4) is 0 Å². The second-order valence-corrected chi connectivity index (χ2v) is 6.16. The number of carbonyl (C=O) groups is 1. The van der Waals surface area contributed by atoms with Gasteiger partial charge in [-0.2, -0.15) is 0 Å². The molecule has 2 saturated heterocycles. The Labute approximate surface area is 116 Å². The van der Waals surface area contributed by atoms with Crippen LogP contribution < -0.4 is 11.3 Å². The van der Waals surface area contributed by atoms with E-state index in [0.29, 0.717) is 0 Å². The molecule has 0 spiro atoms. The van der Waals surface area contributed by atoms with Crippen molar-refractivity contribution >= 4 is 5.91 Å². The van der Waals surface area contributed by atoms with Crippen LogP contribution in [0.4, 0.5) is 0 Å². The first-order valence-corrected chi connectivity index (χ1v) is 7.64. The normalized spacial score (nSPS) is 24.5. The molecular weight excluding hydrogens is 240 g/mol. The number of hydrazine groups is 1. The zero-order chi connectivity index (χ0) is 13.7. The minimum atomic E-state index is -0.0563. The van der Waals surface area contributed by atoms with E-state index in [1.165, 1.54) is 45.3 Å². The lowest BCUT2D eigenvalue weighted by Gasteiger charge is -2.34. The lowest BCUT2D eigenvalue weighted by molar-refractivity contribution is -0.125. The summed E-state index contributed by atoms with van der Waals surface area (Å²) in [7, 11) is 0. The van der Waals surface area contributed by atoms with Crippen LogP contribution in [0.2, 0.25) is 0 Å². The van der Waals surface area contributed by atoms with Crippen molar-refractivity contribution in [3.63, 3.8) is 0 Å². The molecule has 5 nitrogen and oxygen atoms in total. The summed E-state index contributed by atoms with van der Waals surface area (Å²) in [5.41, 5.74) is 2.24. The number of amides is 1. The molecular formula is C14H28N4O. The van der Waals surface area contributed by atoms with Crippen molar-refractivity contribution < 1.29 is 4.79 Å². The molecule has 0 saturated carbocycles. The Kier molecular flexibility index (Phi) is 5.60.